The first-order valence-corrected chi connectivity index (χ1v) is 13.0. The standard InChI is InChI=1S/C25H30N2O5S/c1-2-33(29,30)26-15-12-21(13-16-26)25(28)27(14-6-9-20-7-4-3-5-8-20)22-10-11-23-24(19-22)32-18-17-31-23/h3-11,19,21H,2,12-18H2,1H3/b9-6+. The summed E-state index contributed by atoms with van der Waals surface area (Å²) in [5.41, 5.74) is 1.80. The van der Waals surface area contributed by atoms with Crippen LogP contribution in [0.15, 0.2) is 54.6 Å². The van der Waals surface area contributed by atoms with Crippen LogP contribution < -0.4 is 14.4 Å². The number of carbonyl (C=O) groups excluding carboxylic acids is 1. The van der Waals surface area contributed by atoms with Crippen molar-refractivity contribution in [2.75, 3.05) is 43.5 Å². The molecule has 4 rings (SSSR count). The normalized spacial score (nSPS) is 17.2. The van der Waals surface area contributed by atoms with Gasteiger partial charge in [-0.2, -0.15) is 0 Å². The van der Waals surface area contributed by atoms with E-state index < -0.39 is 10.0 Å². The van der Waals surface area contributed by atoms with Crippen LogP contribution in [0.4, 0.5) is 5.69 Å². The molecule has 0 bridgehead atoms. The molecule has 1 fully saturated rings. The molecule has 7 nitrogen and oxygen atoms in total. The van der Waals surface area contributed by atoms with Gasteiger partial charge in [0, 0.05) is 37.3 Å². The summed E-state index contributed by atoms with van der Waals surface area (Å²) in [6.07, 6.45) is 5.00. The maximum atomic E-state index is 13.6. The van der Waals surface area contributed by atoms with Crippen molar-refractivity contribution in [3.05, 3.63) is 60.2 Å². The molecular weight excluding hydrogens is 440 g/mol. The van der Waals surface area contributed by atoms with Gasteiger partial charge < -0.3 is 14.4 Å². The molecule has 0 aliphatic carbocycles. The Morgan fingerprint density at radius 3 is 2.45 bits per heavy atom. The molecule has 0 radical (unpaired) electrons. The average Bonchev–Trinajstić information content (AvgIpc) is 2.86. The second-order valence-electron chi connectivity index (χ2n) is 8.16. The van der Waals surface area contributed by atoms with E-state index in [2.05, 4.69) is 0 Å². The van der Waals surface area contributed by atoms with Crippen LogP contribution in [0.1, 0.15) is 25.3 Å². The van der Waals surface area contributed by atoms with E-state index in [4.69, 9.17) is 9.47 Å². The number of ether oxygens (including phenoxy) is 2. The van der Waals surface area contributed by atoms with Gasteiger partial charge in [-0.05, 0) is 37.5 Å². The Morgan fingerprint density at radius 2 is 1.76 bits per heavy atom. The second-order valence-corrected chi connectivity index (χ2v) is 10.4. The molecule has 1 saturated heterocycles. The zero-order valence-corrected chi connectivity index (χ0v) is 19.7. The van der Waals surface area contributed by atoms with Gasteiger partial charge in [0.1, 0.15) is 13.2 Å². The number of benzene rings is 2. The van der Waals surface area contributed by atoms with Crippen molar-refractivity contribution in [2.45, 2.75) is 19.8 Å². The minimum absolute atomic E-state index is 0.00191. The van der Waals surface area contributed by atoms with E-state index >= 15 is 0 Å². The average molecular weight is 471 g/mol. The number of hydrogen-bond donors (Lipinski definition) is 0. The van der Waals surface area contributed by atoms with Crippen molar-refractivity contribution in [3.8, 4) is 11.5 Å². The Morgan fingerprint density at radius 1 is 1.06 bits per heavy atom. The van der Waals surface area contributed by atoms with Crippen LogP contribution >= 0.6 is 0 Å². The molecule has 2 aromatic carbocycles. The summed E-state index contributed by atoms with van der Waals surface area (Å²) in [6, 6.07) is 15.5. The first-order chi connectivity index (χ1) is 16.0. The SMILES string of the molecule is CCS(=O)(=O)N1CCC(C(=O)N(C/C=C/c2ccccc2)c2ccc3c(c2)OCCO3)CC1. The summed E-state index contributed by atoms with van der Waals surface area (Å²) in [7, 11) is -3.23. The minimum Gasteiger partial charge on any atom is -0.486 e. The Labute approximate surface area is 195 Å². The van der Waals surface area contributed by atoms with Gasteiger partial charge in [0.05, 0.1) is 5.75 Å². The molecular formula is C25H30N2O5S. The summed E-state index contributed by atoms with van der Waals surface area (Å²) < 4.78 is 37.2. The number of anilines is 1. The number of rotatable bonds is 7. The molecule has 0 unspecified atom stereocenters. The summed E-state index contributed by atoms with van der Waals surface area (Å²) >= 11 is 0. The van der Waals surface area contributed by atoms with E-state index in [1.807, 2.05) is 60.7 Å². The van der Waals surface area contributed by atoms with Crippen LogP contribution in [0.2, 0.25) is 0 Å². The quantitative estimate of drug-likeness (QED) is 0.618. The zero-order valence-electron chi connectivity index (χ0n) is 18.9. The Hall–Kier alpha value is -2.84. The highest BCUT2D eigenvalue weighted by Crippen LogP contribution is 2.35. The van der Waals surface area contributed by atoms with Crippen molar-refractivity contribution >= 4 is 27.7 Å². The summed E-state index contributed by atoms with van der Waals surface area (Å²) in [5.74, 6) is 1.16. The van der Waals surface area contributed by atoms with Crippen molar-refractivity contribution in [1.29, 1.82) is 0 Å². The molecule has 8 heteroatoms. The van der Waals surface area contributed by atoms with Gasteiger partial charge in [0.25, 0.3) is 0 Å². The monoisotopic (exact) mass is 470 g/mol. The highest BCUT2D eigenvalue weighted by Gasteiger charge is 2.33. The summed E-state index contributed by atoms with van der Waals surface area (Å²) in [4.78, 5) is 15.3. The van der Waals surface area contributed by atoms with Crippen LogP contribution in [0.5, 0.6) is 11.5 Å². The summed E-state index contributed by atoms with van der Waals surface area (Å²) in [6.45, 7) is 3.79. The van der Waals surface area contributed by atoms with E-state index in [-0.39, 0.29) is 17.6 Å². The van der Waals surface area contributed by atoms with E-state index in [0.717, 1.165) is 11.3 Å². The third-order valence-electron chi connectivity index (χ3n) is 6.06. The number of hydrogen-bond acceptors (Lipinski definition) is 5. The van der Waals surface area contributed by atoms with Crippen LogP contribution in [0.25, 0.3) is 6.08 Å². The van der Waals surface area contributed by atoms with Crippen LogP contribution in [0, 0.1) is 5.92 Å². The van der Waals surface area contributed by atoms with Gasteiger partial charge in [-0.3, -0.25) is 4.79 Å². The molecule has 2 aromatic rings. The maximum Gasteiger partial charge on any atom is 0.230 e. The van der Waals surface area contributed by atoms with Gasteiger partial charge in [-0.1, -0.05) is 42.5 Å². The third kappa shape index (κ3) is 5.57. The second kappa shape index (κ2) is 10.4. The fraction of sp³-hybridized carbons (Fsp3) is 0.400. The number of amides is 1. The fourth-order valence-electron chi connectivity index (χ4n) is 4.16. The van der Waals surface area contributed by atoms with Gasteiger partial charge in [-0.25, -0.2) is 12.7 Å². The smallest absolute Gasteiger partial charge is 0.230 e. The first kappa shape index (κ1) is 23.3. The molecule has 0 atom stereocenters. The summed E-state index contributed by atoms with van der Waals surface area (Å²) in [5, 5.41) is 0. The Balaban J connectivity index is 1.53. The van der Waals surface area contributed by atoms with E-state index in [9.17, 15) is 13.2 Å². The van der Waals surface area contributed by atoms with Crippen molar-refractivity contribution in [1.82, 2.24) is 4.31 Å². The van der Waals surface area contributed by atoms with Crippen LogP contribution in [0.3, 0.4) is 0 Å². The van der Waals surface area contributed by atoms with E-state index in [0.29, 0.717) is 57.2 Å². The predicted molar refractivity (Wildman–Crippen MR) is 129 cm³/mol. The minimum atomic E-state index is -3.23. The molecule has 1 amide bonds. The van der Waals surface area contributed by atoms with Crippen molar-refractivity contribution in [2.24, 2.45) is 5.92 Å². The molecule has 2 heterocycles. The Bertz CT molecular complexity index is 1090. The molecule has 0 spiro atoms. The molecule has 0 aromatic heterocycles. The van der Waals surface area contributed by atoms with E-state index in [1.54, 1.807) is 11.8 Å². The molecule has 176 valence electrons. The van der Waals surface area contributed by atoms with Crippen LogP contribution in [-0.4, -0.2) is 57.2 Å². The number of sulfonamides is 1. The highest BCUT2D eigenvalue weighted by atomic mass is 32.2. The van der Waals surface area contributed by atoms with Gasteiger partial charge in [0.2, 0.25) is 15.9 Å². The number of carbonyl (C=O) groups is 1. The van der Waals surface area contributed by atoms with E-state index in [1.165, 1.54) is 4.31 Å². The number of nitrogens with zero attached hydrogens (tertiary/aromatic N) is 2. The number of piperidine rings is 1. The first-order valence-electron chi connectivity index (χ1n) is 11.4. The number of fused-ring (bicyclic) bond motifs is 1. The molecule has 33 heavy (non-hydrogen) atoms. The molecule has 0 saturated carbocycles. The fourth-order valence-corrected chi connectivity index (χ4v) is 5.30. The lowest BCUT2D eigenvalue weighted by molar-refractivity contribution is -0.123. The molecule has 2 aliphatic rings. The lowest BCUT2D eigenvalue weighted by Gasteiger charge is -2.33. The predicted octanol–water partition coefficient (Wildman–Crippen LogP) is 3.57. The lowest BCUT2D eigenvalue weighted by Crippen LogP contribution is -2.45. The van der Waals surface area contributed by atoms with Crippen LogP contribution in [-0.2, 0) is 14.8 Å². The van der Waals surface area contributed by atoms with Crippen molar-refractivity contribution in [3.63, 3.8) is 0 Å². The molecule has 2 aliphatic heterocycles. The van der Waals surface area contributed by atoms with Gasteiger partial charge in [-0.15, -0.1) is 0 Å². The zero-order chi connectivity index (χ0) is 23.3. The molecule has 0 N–H and O–H groups in total. The lowest BCUT2D eigenvalue weighted by atomic mass is 9.96. The third-order valence-corrected chi connectivity index (χ3v) is 7.94. The largest absolute Gasteiger partial charge is 0.486 e. The maximum absolute atomic E-state index is 13.6. The topological polar surface area (TPSA) is 76.2 Å². The highest BCUT2D eigenvalue weighted by molar-refractivity contribution is 7.89. The Kier molecular flexibility index (Phi) is 7.35. The van der Waals surface area contributed by atoms with Gasteiger partial charge >= 0.3 is 0 Å². The van der Waals surface area contributed by atoms with Gasteiger partial charge in [0.15, 0.2) is 11.5 Å². The van der Waals surface area contributed by atoms with Crippen molar-refractivity contribution < 1.29 is 22.7 Å².